The van der Waals surface area contributed by atoms with Gasteiger partial charge in [0.25, 0.3) is 5.91 Å². The second-order valence-corrected chi connectivity index (χ2v) is 7.86. The molecular weight excluding hydrogens is 394 g/mol. The maximum atomic E-state index is 13.1. The van der Waals surface area contributed by atoms with Crippen LogP contribution in [0.25, 0.3) is 0 Å². The Balaban J connectivity index is 2.07. The van der Waals surface area contributed by atoms with Gasteiger partial charge in [0.05, 0.1) is 18.2 Å². The van der Waals surface area contributed by atoms with Crippen LogP contribution >= 0.6 is 11.6 Å². The van der Waals surface area contributed by atoms with Crippen molar-refractivity contribution < 1.29 is 9.59 Å². The van der Waals surface area contributed by atoms with Gasteiger partial charge in [0.1, 0.15) is 11.3 Å². The number of urea groups is 1. The van der Waals surface area contributed by atoms with Gasteiger partial charge in [-0.05, 0) is 30.5 Å². The van der Waals surface area contributed by atoms with Crippen molar-refractivity contribution in [1.82, 2.24) is 10.0 Å². The molecule has 2 aliphatic rings. The van der Waals surface area contributed by atoms with Crippen LogP contribution in [0.1, 0.15) is 13.3 Å². The molecule has 0 radical (unpaired) electrons. The summed E-state index contributed by atoms with van der Waals surface area (Å²) in [5, 5.41) is 26.0. The lowest BCUT2D eigenvalue weighted by atomic mass is 9.63. The molecule has 3 amide bonds. The minimum Gasteiger partial charge on any atom is -0.386 e. The summed E-state index contributed by atoms with van der Waals surface area (Å²) in [7, 11) is 3.23. The van der Waals surface area contributed by atoms with Gasteiger partial charge in [0, 0.05) is 24.8 Å². The molecule has 10 heteroatoms. The van der Waals surface area contributed by atoms with E-state index in [1.165, 1.54) is 10.0 Å². The molecule has 0 unspecified atom stereocenters. The number of amidine groups is 1. The molecule has 1 aromatic rings. The van der Waals surface area contributed by atoms with E-state index in [-0.39, 0.29) is 12.3 Å². The molecule has 9 nitrogen and oxygen atoms in total. The molecule has 150 valence electrons. The van der Waals surface area contributed by atoms with Crippen molar-refractivity contribution >= 4 is 35.1 Å². The average molecular weight is 414 g/mol. The van der Waals surface area contributed by atoms with Crippen LogP contribution in [0.15, 0.2) is 29.3 Å². The first-order valence-electron chi connectivity index (χ1n) is 8.90. The number of anilines is 1. The number of hydrogen-bond acceptors (Lipinski definition) is 6. The molecule has 1 aliphatic heterocycles. The van der Waals surface area contributed by atoms with Gasteiger partial charge < -0.3 is 11.1 Å². The predicted molar refractivity (Wildman–Crippen MR) is 106 cm³/mol. The number of hydrogen-bond donors (Lipinski definition) is 2. The summed E-state index contributed by atoms with van der Waals surface area (Å²) >= 11 is 5.98. The monoisotopic (exact) mass is 413 g/mol. The zero-order valence-electron chi connectivity index (χ0n) is 16.2. The smallest absolute Gasteiger partial charge is 0.336 e. The Morgan fingerprint density at radius 3 is 2.55 bits per heavy atom. The Morgan fingerprint density at radius 2 is 2.00 bits per heavy atom. The molecule has 1 saturated carbocycles. The molecular formula is C19H20ClN7O2. The highest BCUT2D eigenvalue weighted by Gasteiger charge is 2.76. The van der Waals surface area contributed by atoms with E-state index in [2.05, 4.69) is 16.4 Å². The number of carbonyl (C=O) groups is 2. The second-order valence-electron chi connectivity index (χ2n) is 7.43. The summed E-state index contributed by atoms with van der Waals surface area (Å²) in [4.78, 5) is 29.8. The predicted octanol–water partition coefficient (Wildman–Crippen LogP) is 1.98. The first-order valence-corrected chi connectivity index (χ1v) is 9.28. The van der Waals surface area contributed by atoms with Gasteiger partial charge >= 0.3 is 6.03 Å². The number of nitrogens with two attached hydrogens (primary N) is 1. The van der Waals surface area contributed by atoms with E-state index < -0.39 is 34.7 Å². The lowest BCUT2D eigenvalue weighted by Crippen LogP contribution is -2.60. The molecule has 29 heavy (non-hydrogen) atoms. The van der Waals surface area contributed by atoms with Crippen molar-refractivity contribution in [2.45, 2.75) is 19.4 Å². The van der Waals surface area contributed by atoms with Crippen molar-refractivity contribution in [3.05, 3.63) is 29.3 Å². The van der Waals surface area contributed by atoms with Crippen LogP contribution < -0.4 is 11.1 Å². The topological polar surface area (TPSA) is 139 Å². The number of nitriles is 2. The molecule has 3 N–H and O–H groups in total. The summed E-state index contributed by atoms with van der Waals surface area (Å²) in [6.07, 6.45) is 0.226. The quantitative estimate of drug-likeness (QED) is 0.726. The number of fused-ring (bicyclic) bond motifs is 1. The van der Waals surface area contributed by atoms with Gasteiger partial charge in [0.15, 0.2) is 5.41 Å². The number of nitrogens with one attached hydrogen (secondary N) is 1. The minimum absolute atomic E-state index is 0.171. The molecule has 0 saturated heterocycles. The Labute approximate surface area is 173 Å². The van der Waals surface area contributed by atoms with Gasteiger partial charge in [-0.25, -0.2) is 9.80 Å². The fourth-order valence-corrected chi connectivity index (χ4v) is 4.68. The normalized spacial score (nSPS) is 30.3. The molecule has 1 aliphatic carbocycles. The third-order valence-electron chi connectivity index (χ3n) is 5.76. The van der Waals surface area contributed by atoms with Crippen molar-refractivity contribution in [2.75, 3.05) is 19.4 Å². The highest BCUT2D eigenvalue weighted by atomic mass is 35.5. The Bertz CT molecular complexity index is 995. The van der Waals surface area contributed by atoms with Crippen LogP contribution in [0.4, 0.5) is 10.5 Å². The zero-order chi connectivity index (χ0) is 21.6. The average Bonchev–Trinajstić information content (AvgIpc) is 3.03. The van der Waals surface area contributed by atoms with Crippen LogP contribution in [0.2, 0.25) is 5.02 Å². The molecule has 0 spiro atoms. The number of carbonyl (C=O) groups excluding carboxylic acids is 2. The third kappa shape index (κ3) is 2.66. The number of benzene rings is 1. The van der Waals surface area contributed by atoms with Crippen molar-refractivity contribution in [3.8, 4) is 12.1 Å². The summed E-state index contributed by atoms with van der Waals surface area (Å²) in [6.45, 7) is 1.74. The Morgan fingerprint density at radius 1 is 1.34 bits per heavy atom. The van der Waals surface area contributed by atoms with E-state index in [4.69, 9.17) is 17.3 Å². The molecule has 1 heterocycles. The summed E-state index contributed by atoms with van der Waals surface area (Å²) in [5.41, 5.74) is 2.94. The van der Waals surface area contributed by atoms with E-state index in [1.54, 1.807) is 45.3 Å². The standard InChI is InChI=1S/C19H20ClN7O2/c1-11-7-14(19(10-22)16(28)25-15(23)18(11,19)9-21)27(26(2)3)17(29)24-13-6-4-5-12(20)8-13/h4-6,8,11,14H,7H2,1-3H3,(H,24,29)(H2,23,25,28)/t11-,14+,18+,19-/m1/s1. The second kappa shape index (κ2) is 7.03. The lowest BCUT2D eigenvalue weighted by Gasteiger charge is -2.40. The molecule has 4 atom stereocenters. The first-order chi connectivity index (χ1) is 13.6. The fourth-order valence-electron chi connectivity index (χ4n) is 4.49. The van der Waals surface area contributed by atoms with Crippen LogP contribution in [-0.2, 0) is 4.79 Å². The van der Waals surface area contributed by atoms with E-state index in [1.807, 2.05) is 6.07 Å². The molecule has 1 aromatic carbocycles. The van der Waals surface area contributed by atoms with Gasteiger partial charge in [-0.3, -0.25) is 9.80 Å². The van der Waals surface area contributed by atoms with E-state index in [9.17, 15) is 20.1 Å². The molecule has 3 rings (SSSR count). The maximum absolute atomic E-state index is 13.1. The molecule has 0 aromatic heterocycles. The highest BCUT2D eigenvalue weighted by molar-refractivity contribution is 6.30. The zero-order valence-corrected chi connectivity index (χ0v) is 16.9. The molecule has 0 bridgehead atoms. The van der Waals surface area contributed by atoms with Crippen molar-refractivity contribution in [3.63, 3.8) is 0 Å². The summed E-state index contributed by atoms with van der Waals surface area (Å²) in [5.74, 6) is -1.43. The van der Waals surface area contributed by atoms with Crippen LogP contribution in [0.5, 0.6) is 0 Å². The fraction of sp³-hybridized carbons (Fsp3) is 0.421. The summed E-state index contributed by atoms with van der Waals surface area (Å²) in [6, 6.07) is 9.19. The number of nitrogens with zero attached hydrogens (tertiary/aromatic N) is 5. The van der Waals surface area contributed by atoms with Gasteiger partial charge in [-0.15, -0.1) is 0 Å². The minimum atomic E-state index is -1.89. The number of aliphatic imine (C=N–C) groups is 1. The van der Waals surface area contributed by atoms with Crippen molar-refractivity contribution in [2.24, 2.45) is 27.5 Å². The van der Waals surface area contributed by atoms with Crippen LogP contribution in [0.3, 0.4) is 0 Å². The first kappa shape index (κ1) is 20.6. The van der Waals surface area contributed by atoms with Crippen molar-refractivity contribution in [1.29, 1.82) is 10.5 Å². The molecule has 1 fully saturated rings. The van der Waals surface area contributed by atoms with E-state index >= 15 is 0 Å². The number of rotatable bonds is 3. The SMILES string of the molecule is C[C@@H]1C[C@H](N(C(=O)Nc2cccc(Cl)c2)N(C)C)[C@]2(C#N)C(=O)N=C(N)[C@]12C#N. The van der Waals surface area contributed by atoms with Gasteiger partial charge in [-0.2, -0.15) is 15.5 Å². The maximum Gasteiger partial charge on any atom is 0.336 e. The lowest BCUT2D eigenvalue weighted by molar-refractivity contribution is -0.129. The van der Waals surface area contributed by atoms with Crippen LogP contribution in [-0.4, -0.2) is 47.9 Å². The number of halogens is 1. The number of amides is 3. The third-order valence-corrected chi connectivity index (χ3v) is 6.00. The summed E-state index contributed by atoms with van der Waals surface area (Å²) < 4.78 is 0. The largest absolute Gasteiger partial charge is 0.386 e. The Kier molecular flexibility index (Phi) is 4.99. The van der Waals surface area contributed by atoms with Gasteiger partial charge in [0.2, 0.25) is 0 Å². The highest BCUT2D eigenvalue weighted by Crippen LogP contribution is 2.61. The number of hydrazine groups is 1. The van der Waals surface area contributed by atoms with Gasteiger partial charge in [-0.1, -0.05) is 24.6 Å². The Hall–Kier alpha value is -3.14. The van der Waals surface area contributed by atoms with E-state index in [0.29, 0.717) is 10.7 Å². The van der Waals surface area contributed by atoms with E-state index in [0.717, 1.165) is 0 Å². The van der Waals surface area contributed by atoms with Crippen LogP contribution in [0, 0.1) is 39.4 Å².